The minimum absolute atomic E-state index is 0.0910. The van der Waals surface area contributed by atoms with Gasteiger partial charge in [-0.05, 0) is 48.1 Å². The molecule has 2 amide bonds. The van der Waals surface area contributed by atoms with Gasteiger partial charge in [0.2, 0.25) is 0 Å². The Morgan fingerprint density at radius 1 is 1.08 bits per heavy atom. The number of nitrogens with one attached hydrogen (secondary N) is 1. The highest BCUT2D eigenvalue weighted by atomic mass is 35.5. The van der Waals surface area contributed by atoms with Crippen molar-refractivity contribution in [3.8, 4) is 5.75 Å². The van der Waals surface area contributed by atoms with E-state index in [0.717, 1.165) is 4.90 Å². The molecule has 2 aromatic rings. The fraction of sp³-hybridized carbons (Fsp3) is 0. The summed E-state index contributed by atoms with van der Waals surface area (Å²) in [5.74, 6) is -1.42. The zero-order chi connectivity index (χ0) is 19.0. The molecule has 0 saturated carbocycles. The molecule has 132 valence electrons. The lowest BCUT2D eigenvalue weighted by Gasteiger charge is -2.29. The maximum atomic E-state index is 12.9. The SMILES string of the molecule is O=C1NC(=S)N(c2cccc(Cl)c2Cl)C(=O)/C1=C/c1ccc(O)c(Cl)c1. The second kappa shape index (κ2) is 7.25. The number of rotatable bonds is 2. The lowest BCUT2D eigenvalue weighted by molar-refractivity contribution is -0.122. The summed E-state index contributed by atoms with van der Waals surface area (Å²) in [4.78, 5) is 26.2. The molecule has 0 aliphatic carbocycles. The molecule has 1 heterocycles. The number of amides is 2. The Kier molecular flexibility index (Phi) is 5.20. The number of carbonyl (C=O) groups excluding carboxylic acids is 2. The standard InChI is InChI=1S/C17H9Cl3N2O3S/c18-10-2-1-3-12(14(10)20)22-16(25)9(15(24)21-17(22)26)6-8-4-5-13(23)11(19)7-8/h1-7,23H,(H,21,24,26)/b9-6+. The Morgan fingerprint density at radius 2 is 1.81 bits per heavy atom. The monoisotopic (exact) mass is 426 g/mol. The summed E-state index contributed by atoms with van der Waals surface area (Å²) in [5.41, 5.74) is 0.538. The second-order valence-electron chi connectivity index (χ2n) is 5.24. The van der Waals surface area contributed by atoms with Gasteiger partial charge in [-0.1, -0.05) is 46.9 Å². The van der Waals surface area contributed by atoms with E-state index in [2.05, 4.69) is 5.32 Å². The van der Waals surface area contributed by atoms with E-state index in [1.807, 2.05) is 0 Å². The Bertz CT molecular complexity index is 991. The predicted molar refractivity (Wildman–Crippen MR) is 106 cm³/mol. The van der Waals surface area contributed by atoms with Gasteiger partial charge in [0.15, 0.2) is 5.11 Å². The molecule has 1 aliphatic heterocycles. The van der Waals surface area contributed by atoms with E-state index in [1.54, 1.807) is 18.2 Å². The highest BCUT2D eigenvalue weighted by Gasteiger charge is 2.35. The van der Waals surface area contributed by atoms with Crippen LogP contribution in [0.4, 0.5) is 5.69 Å². The number of hydrogen-bond acceptors (Lipinski definition) is 4. The first-order chi connectivity index (χ1) is 12.3. The van der Waals surface area contributed by atoms with E-state index in [0.29, 0.717) is 5.56 Å². The molecule has 3 rings (SSSR count). The number of phenolic OH excluding ortho intramolecular Hbond substituents is 1. The van der Waals surface area contributed by atoms with Gasteiger partial charge < -0.3 is 5.11 Å². The van der Waals surface area contributed by atoms with Crippen molar-refractivity contribution in [2.24, 2.45) is 0 Å². The molecule has 9 heteroatoms. The zero-order valence-electron chi connectivity index (χ0n) is 12.8. The number of phenols is 1. The summed E-state index contributed by atoms with van der Waals surface area (Å²) >= 11 is 23.2. The Morgan fingerprint density at radius 3 is 2.50 bits per heavy atom. The van der Waals surface area contributed by atoms with Crippen molar-refractivity contribution in [2.75, 3.05) is 4.90 Å². The van der Waals surface area contributed by atoms with Gasteiger partial charge in [-0.2, -0.15) is 0 Å². The number of nitrogens with zero attached hydrogens (tertiary/aromatic N) is 1. The molecule has 0 radical (unpaired) electrons. The van der Waals surface area contributed by atoms with Crippen molar-refractivity contribution in [3.63, 3.8) is 0 Å². The number of carbonyl (C=O) groups is 2. The van der Waals surface area contributed by atoms with Crippen molar-refractivity contribution < 1.29 is 14.7 Å². The molecule has 5 nitrogen and oxygen atoms in total. The van der Waals surface area contributed by atoms with Crippen LogP contribution in [-0.2, 0) is 9.59 Å². The van der Waals surface area contributed by atoms with Crippen LogP contribution in [0.3, 0.4) is 0 Å². The maximum Gasteiger partial charge on any atom is 0.270 e. The largest absolute Gasteiger partial charge is 0.506 e. The van der Waals surface area contributed by atoms with Crippen molar-refractivity contribution in [2.45, 2.75) is 0 Å². The Balaban J connectivity index is 2.07. The first-order valence-electron chi connectivity index (χ1n) is 7.13. The van der Waals surface area contributed by atoms with Gasteiger partial charge >= 0.3 is 0 Å². The average Bonchev–Trinajstić information content (AvgIpc) is 2.58. The van der Waals surface area contributed by atoms with Crippen molar-refractivity contribution in [1.82, 2.24) is 5.32 Å². The zero-order valence-corrected chi connectivity index (χ0v) is 15.9. The third-order valence-corrected chi connectivity index (χ3v) is 4.95. The third kappa shape index (κ3) is 3.41. The Hall–Kier alpha value is -2.12. The second-order valence-corrected chi connectivity index (χ2v) is 6.82. The number of thiocarbonyl (C=S) groups is 1. The van der Waals surface area contributed by atoms with Gasteiger partial charge in [0.25, 0.3) is 11.8 Å². The molecular weight excluding hydrogens is 419 g/mol. The van der Waals surface area contributed by atoms with E-state index in [-0.39, 0.29) is 37.2 Å². The lowest BCUT2D eigenvalue weighted by Crippen LogP contribution is -2.54. The van der Waals surface area contributed by atoms with Crippen LogP contribution in [-0.4, -0.2) is 22.0 Å². The lowest BCUT2D eigenvalue weighted by atomic mass is 10.1. The molecule has 26 heavy (non-hydrogen) atoms. The molecule has 0 unspecified atom stereocenters. The van der Waals surface area contributed by atoms with Crippen LogP contribution in [0, 0.1) is 0 Å². The highest BCUT2D eigenvalue weighted by Crippen LogP contribution is 2.34. The summed E-state index contributed by atoms with van der Waals surface area (Å²) in [6.45, 7) is 0. The van der Waals surface area contributed by atoms with Crippen molar-refractivity contribution in [3.05, 3.63) is 62.6 Å². The summed E-state index contributed by atoms with van der Waals surface area (Å²) in [6.07, 6.45) is 1.34. The molecule has 2 N–H and O–H groups in total. The van der Waals surface area contributed by atoms with Crippen LogP contribution in [0.15, 0.2) is 42.0 Å². The van der Waals surface area contributed by atoms with E-state index in [4.69, 9.17) is 47.0 Å². The normalized spacial score (nSPS) is 16.2. The van der Waals surface area contributed by atoms with Crippen LogP contribution in [0.2, 0.25) is 15.1 Å². The van der Waals surface area contributed by atoms with Gasteiger partial charge in [-0.3, -0.25) is 19.8 Å². The summed E-state index contributed by atoms with van der Waals surface area (Å²) in [7, 11) is 0. The first kappa shape index (κ1) is 18.7. The number of halogens is 3. The molecule has 0 atom stereocenters. The molecule has 0 bridgehead atoms. The molecule has 1 saturated heterocycles. The average molecular weight is 428 g/mol. The minimum Gasteiger partial charge on any atom is -0.506 e. The van der Waals surface area contributed by atoms with Crippen LogP contribution in [0.25, 0.3) is 6.08 Å². The van der Waals surface area contributed by atoms with E-state index < -0.39 is 11.8 Å². The van der Waals surface area contributed by atoms with E-state index in [9.17, 15) is 14.7 Å². The Labute approximate surface area is 168 Å². The summed E-state index contributed by atoms with van der Waals surface area (Å²) < 4.78 is 0. The first-order valence-corrected chi connectivity index (χ1v) is 8.68. The van der Waals surface area contributed by atoms with E-state index >= 15 is 0 Å². The number of anilines is 1. The minimum atomic E-state index is -0.660. The van der Waals surface area contributed by atoms with E-state index in [1.165, 1.54) is 24.3 Å². The van der Waals surface area contributed by atoms with Crippen molar-refractivity contribution >= 4 is 75.7 Å². The fourth-order valence-corrected chi connectivity index (χ4v) is 3.16. The number of hydrogen-bond donors (Lipinski definition) is 2. The quantitative estimate of drug-likeness (QED) is 0.428. The van der Waals surface area contributed by atoms with Crippen LogP contribution < -0.4 is 10.2 Å². The topological polar surface area (TPSA) is 69.6 Å². The predicted octanol–water partition coefficient (Wildman–Crippen LogP) is 4.18. The smallest absolute Gasteiger partial charge is 0.270 e. The molecule has 1 fully saturated rings. The maximum absolute atomic E-state index is 12.9. The summed E-state index contributed by atoms with van der Waals surface area (Å²) in [6, 6.07) is 9.03. The van der Waals surface area contributed by atoms with Gasteiger partial charge in [-0.15, -0.1) is 0 Å². The molecular formula is C17H9Cl3N2O3S. The van der Waals surface area contributed by atoms with Gasteiger partial charge in [0, 0.05) is 0 Å². The molecule has 1 aliphatic rings. The molecule has 2 aromatic carbocycles. The number of aromatic hydroxyl groups is 1. The van der Waals surface area contributed by atoms with Gasteiger partial charge in [0.05, 0.1) is 20.8 Å². The van der Waals surface area contributed by atoms with Crippen molar-refractivity contribution in [1.29, 1.82) is 0 Å². The van der Waals surface area contributed by atoms with Gasteiger partial charge in [-0.25, -0.2) is 0 Å². The number of benzene rings is 2. The third-order valence-electron chi connectivity index (χ3n) is 3.56. The van der Waals surface area contributed by atoms with Crippen LogP contribution in [0.1, 0.15) is 5.56 Å². The molecule has 0 aromatic heterocycles. The highest BCUT2D eigenvalue weighted by molar-refractivity contribution is 7.80. The fourth-order valence-electron chi connectivity index (χ4n) is 2.32. The summed E-state index contributed by atoms with van der Waals surface area (Å²) in [5, 5.41) is 12.3. The van der Waals surface area contributed by atoms with Crippen LogP contribution in [0.5, 0.6) is 5.75 Å². The van der Waals surface area contributed by atoms with Gasteiger partial charge in [0.1, 0.15) is 11.3 Å². The molecule has 0 spiro atoms. The van der Waals surface area contributed by atoms with Crippen LogP contribution >= 0.6 is 47.0 Å².